The molecule has 1 aromatic carbocycles. The third-order valence-electron chi connectivity index (χ3n) is 5.38. The van der Waals surface area contributed by atoms with Crippen molar-refractivity contribution in [3.05, 3.63) is 29.8 Å². The number of nitrogens with one attached hydrogen (secondary N) is 1. The molecule has 1 aromatic rings. The normalized spacial score (nSPS) is 35.5. The standard InChI is InChI=1S/C18H25NO2/c1-20-16-4-2-3-13(11-16)14-9-15(10-14)19-17-7-8-21-18(17)12-5-6-12/h2-4,11-12,14-15,17-19H,5-10H2,1H3. The first-order valence-electron chi connectivity index (χ1n) is 8.35. The number of benzene rings is 1. The molecular formula is C18H25NO2. The molecule has 1 heterocycles. The van der Waals surface area contributed by atoms with Crippen molar-refractivity contribution in [3.8, 4) is 5.75 Å². The molecule has 3 aliphatic rings. The smallest absolute Gasteiger partial charge is 0.119 e. The van der Waals surface area contributed by atoms with Crippen LogP contribution in [0.3, 0.4) is 0 Å². The maximum atomic E-state index is 5.92. The zero-order valence-electron chi connectivity index (χ0n) is 12.8. The average Bonchev–Trinajstić information content (AvgIpc) is 3.22. The van der Waals surface area contributed by atoms with E-state index in [-0.39, 0.29) is 0 Å². The van der Waals surface area contributed by atoms with E-state index in [2.05, 4.69) is 23.5 Å². The van der Waals surface area contributed by atoms with Crippen LogP contribution in [0.4, 0.5) is 0 Å². The molecule has 2 atom stereocenters. The van der Waals surface area contributed by atoms with Gasteiger partial charge < -0.3 is 14.8 Å². The molecule has 4 rings (SSSR count). The molecule has 2 unspecified atom stereocenters. The summed E-state index contributed by atoms with van der Waals surface area (Å²) >= 11 is 0. The molecule has 0 aromatic heterocycles. The fraction of sp³-hybridized carbons (Fsp3) is 0.667. The van der Waals surface area contributed by atoms with E-state index in [1.165, 1.54) is 37.7 Å². The summed E-state index contributed by atoms with van der Waals surface area (Å²) in [4.78, 5) is 0. The Bertz CT molecular complexity index is 494. The van der Waals surface area contributed by atoms with Gasteiger partial charge in [-0.3, -0.25) is 0 Å². The Hall–Kier alpha value is -1.06. The summed E-state index contributed by atoms with van der Waals surface area (Å²) in [6.07, 6.45) is 6.95. The van der Waals surface area contributed by atoms with Gasteiger partial charge in [-0.15, -0.1) is 0 Å². The van der Waals surface area contributed by atoms with Crippen LogP contribution in [-0.2, 0) is 4.74 Å². The van der Waals surface area contributed by atoms with Crippen LogP contribution in [0.5, 0.6) is 5.75 Å². The van der Waals surface area contributed by atoms with Crippen molar-refractivity contribution in [3.63, 3.8) is 0 Å². The number of rotatable bonds is 5. The van der Waals surface area contributed by atoms with E-state index in [1.807, 2.05) is 6.07 Å². The third kappa shape index (κ3) is 2.82. The molecule has 3 fully saturated rings. The van der Waals surface area contributed by atoms with Crippen molar-refractivity contribution in [2.24, 2.45) is 5.92 Å². The first-order chi connectivity index (χ1) is 10.3. The Kier molecular flexibility index (Phi) is 3.64. The molecule has 2 saturated carbocycles. The van der Waals surface area contributed by atoms with E-state index in [1.54, 1.807) is 7.11 Å². The highest BCUT2D eigenvalue weighted by Gasteiger charge is 2.42. The number of hydrogen-bond donors (Lipinski definition) is 1. The molecule has 1 saturated heterocycles. The second-order valence-corrected chi connectivity index (χ2v) is 6.88. The summed E-state index contributed by atoms with van der Waals surface area (Å²) in [5.41, 5.74) is 1.42. The van der Waals surface area contributed by atoms with Gasteiger partial charge in [0.2, 0.25) is 0 Å². The van der Waals surface area contributed by atoms with Crippen molar-refractivity contribution in [1.29, 1.82) is 0 Å². The van der Waals surface area contributed by atoms with E-state index in [0.717, 1.165) is 18.3 Å². The van der Waals surface area contributed by atoms with Crippen LogP contribution in [0.15, 0.2) is 24.3 Å². The summed E-state index contributed by atoms with van der Waals surface area (Å²) in [6, 6.07) is 9.82. The molecular weight excluding hydrogens is 262 g/mol. The van der Waals surface area contributed by atoms with Gasteiger partial charge >= 0.3 is 0 Å². The molecule has 3 heteroatoms. The van der Waals surface area contributed by atoms with Crippen molar-refractivity contribution in [2.75, 3.05) is 13.7 Å². The SMILES string of the molecule is COc1cccc(C2CC(NC3CCOC3C3CC3)C2)c1. The summed E-state index contributed by atoms with van der Waals surface area (Å²) in [7, 11) is 1.74. The van der Waals surface area contributed by atoms with Crippen molar-refractivity contribution in [2.45, 2.75) is 56.2 Å². The fourth-order valence-corrected chi connectivity index (χ4v) is 3.90. The van der Waals surface area contributed by atoms with Gasteiger partial charge in [0.25, 0.3) is 0 Å². The van der Waals surface area contributed by atoms with Gasteiger partial charge in [-0.05, 0) is 61.6 Å². The molecule has 1 aliphatic heterocycles. The number of ether oxygens (including phenoxy) is 2. The lowest BCUT2D eigenvalue weighted by atomic mass is 9.75. The fourth-order valence-electron chi connectivity index (χ4n) is 3.90. The molecule has 21 heavy (non-hydrogen) atoms. The van der Waals surface area contributed by atoms with Crippen LogP contribution >= 0.6 is 0 Å². The first-order valence-corrected chi connectivity index (χ1v) is 8.35. The topological polar surface area (TPSA) is 30.5 Å². The highest BCUT2D eigenvalue weighted by Crippen LogP contribution is 2.41. The van der Waals surface area contributed by atoms with E-state index >= 15 is 0 Å². The summed E-state index contributed by atoms with van der Waals surface area (Å²) < 4.78 is 11.2. The second-order valence-electron chi connectivity index (χ2n) is 6.88. The Morgan fingerprint density at radius 1 is 1.19 bits per heavy atom. The summed E-state index contributed by atoms with van der Waals surface area (Å²) in [6.45, 7) is 0.949. The van der Waals surface area contributed by atoms with E-state index in [4.69, 9.17) is 9.47 Å². The summed E-state index contributed by atoms with van der Waals surface area (Å²) in [5.74, 6) is 2.51. The Balaban J connectivity index is 1.30. The van der Waals surface area contributed by atoms with Crippen LogP contribution in [0.2, 0.25) is 0 Å². The van der Waals surface area contributed by atoms with Crippen molar-refractivity contribution in [1.82, 2.24) is 5.32 Å². The quantitative estimate of drug-likeness (QED) is 0.902. The molecule has 3 nitrogen and oxygen atoms in total. The maximum absolute atomic E-state index is 5.92. The minimum absolute atomic E-state index is 0.501. The average molecular weight is 287 g/mol. The monoisotopic (exact) mass is 287 g/mol. The lowest BCUT2D eigenvalue weighted by Crippen LogP contribution is -2.49. The van der Waals surface area contributed by atoms with Crippen LogP contribution in [0, 0.1) is 5.92 Å². The van der Waals surface area contributed by atoms with Gasteiger partial charge in [-0.25, -0.2) is 0 Å². The highest BCUT2D eigenvalue weighted by molar-refractivity contribution is 5.32. The van der Waals surface area contributed by atoms with Gasteiger partial charge in [-0.1, -0.05) is 12.1 Å². The van der Waals surface area contributed by atoms with Gasteiger partial charge in [-0.2, -0.15) is 0 Å². The number of methoxy groups -OCH3 is 1. The molecule has 2 aliphatic carbocycles. The summed E-state index contributed by atoms with van der Waals surface area (Å²) in [5, 5.41) is 3.86. The van der Waals surface area contributed by atoms with Crippen LogP contribution in [0.25, 0.3) is 0 Å². The largest absolute Gasteiger partial charge is 0.497 e. The first kappa shape index (κ1) is 13.6. The van der Waals surface area contributed by atoms with Gasteiger partial charge in [0, 0.05) is 18.7 Å². The lowest BCUT2D eigenvalue weighted by molar-refractivity contribution is 0.0749. The number of hydrogen-bond acceptors (Lipinski definition) is 3. The predicted molar refractivity (Wildman–Crippen MR) is 82.8 cm³/mol. The van der Waals surface area contributed by atoms with Gasteiger partial charge in [0.15, 0.2) is 0 Å². The molecule has 0 radical (unpaired) electrons. The van der Waals surface area contributed by atoms with Crippen molar-refractivity contribution < 1.29 is 9.47 Å². The van der Waals surface area contributed by atoms with Crippen LogP contribution in [0.1, 0.15) is 43.6 Å². The lowest BCUT2D eigenvalue weighted by Gasteiger charge is -2.39. The maximum Gasteiger partial charge on any atom is 0.119 e. The van der Waals surface area contributed by atoms with E-state index in [0.29, 0.717) is 24.1 Å². The highest BCUT2D eigenvalue weighted by atomic mass is 16.5. The molecule has 0 bridgehead atoms. The molecule has 1 N–H and O–H groups in total. The van der Waals surface area contributed by atoms with E-state index in [9.17, 15) is 0 Å². The zero-order valence-corrected chi connectivity index (χ0v) is 12.8. The minimum atomic E-state index is 0.501. The van der Waals surface area contributed by atoms with Crippen LogP contribution < -0.4 is 10.1 Å². The Labute approximate surface area is 127 Å². The minimum Gasteiger partial charge on any atom is -0.497 e. The van der Waals surface area contributed by atoms with E-state index < -0.39 is 0 Å². The van der Waals surface area contributed by atoms with Gasteiger partial charge in [0.05, 0.1) is 13.2 Å². The van der Waals surface area contributed by atoms with Crippen LogP contribution in [-0.4, -0.2) is 31.9 Å². The second kappa shape index (κ2) is 5.62. The zero-order chi connectivity index (χ0) is 14.2. The Morgan fingerprint density at radius 2 is 2.05 bits per heavy atom. The molecule has 0 amide bonds. The van der Waals surface area contributed by atoms with Crippen molar-refractivity contribution >= 4 is 0 Å². The predicted octanol–water partition coefficient (Wildman–Crippen LogP) is 3.10. The molecule has 0 spiro atoms. The Morgan fingerprint density at radius 3 is 2.81 bits per heavy atom. The molecule has 114 valence electrons. The van der Waals surface area contributed by atoms with Gasteiger partial charge in [0.1, 0.15) is 5.75 Å². The third-order valence-corrected chi connectivity index (χ3v) is 5.38.